The van der Waals surface area contributed by atoms with Crippen LogP contribution < -0.4 is 5.32 Å². The molecule has 1 radical (unpaired) electrons. The number of sulfonamides is 1. The van der Waals surface area contributed by atoms with E-state index in [2.05, 4.69) is 11.9 Å². The summed E-state index contributed by atoms with van der Waals surface area (Å²) in [6.07, 6.45) is 9.47. The Kier molecular flexibility index (Phi) is 8.09. The molecule has 0 saturated carbocycles. The van der Waals surface area contributed by atoms with Crippen molar-refractivity contribution in [3.63, 3.8) is 0 Å². The Morgan fingerprint density at radius 1 is 1.17 bits per heavy atom. The van der Waals surface area contributed by atoms with E-state index in [1.165, 1.54) is 16.4 Å². The van der Waals surface area contributed by atoms with E-state index >= 15 is 0 Å². The zero-order chi connectivity index (χ0) is 25.7. The van der Waals surface area contributed by atoms with Crippen molar-refractivity contribution in [2.45, 2.75) is 50.0 Å². The first-order valence-electron chi connectivity index (χ1n) is 12.3. The predicted octanol–water partition coefficient (Wildman–Crippen LogP) is 5.64. The van der Waals surface area contributed by atoms with Crippen LogP contribution in [0.4, 0.5) is 4.39 Å². The number of fused-ring (bicyclic) bond motifs is 1. The Morgan fingerprint density at radius 3 is 2.61 bits per heavy atom. The summed E-state index contributed by atoms with van der Waals surface area (Å²) in [6.45, 7) is 6.40. The van der Waals surface area contributed by atoms with Gasteiger partial charge in [-0.3, -0.25) is 9.10 Å². The molecule has 1 fully saturated rings. The summed E-state index contributed by atoms with van der Waals surface area (Å²) >= 11 is 0. The van der Waals surface area contributed by atoms with Gasteiger partial charge in [0.05, 0.1) is 16.6 Å². The van der Waals surface area contributed by atoms with E-state index < -0.39 is 21.9 Å². The first-order chi connectivity index (χ1) is 17.3. The molecule has 1 N–H and O–H groups in total. The first kappa shape index (κ1) is 25.9. The van der Waals surface area contributed by atoms with Crippen LogP contribution in [0.5, 0.6) is 0 Å². The molecular formula is C29H32FN2O3S. The zero-order valence-electron chi connectivity index (χ0n) is 20.5. The molecule has 7 heteroatoms. The van der Waals surface area contributed by atoms with Crippen LogP contribution in [0.15, 0.2) is 89.5 Å². The SMILES string of the molecule is C=C(CCCC(C)C(=O)NC1[CH]C=C2CCCN(S(=O)(=O)c3ccc(F)cc3)C2=C1)c1ccccc1. The Hall–Kier alpha value is -3.19. The van der Waals surface area contributed by atoms with E-state index in [0.29, 0.717) is 18.7 Å². The molecule has 5 nitrogen and oxygen atoms in total. The van der Waals surface area contributed by atoms with Gasteiger partial charge in [0.25, 0.3) is 10.0 Å². The Morgan fingerprint density at radius 2 is 1.89 bits per heavy atom. The molecule has 1 amide bonds. The maximum Gasteiger partial charge on any atom is 0.264 e. The third-order valence-electron chi connectivity index (χ3n) is 6.70. The second-order valence-corrected chi connectivity index (χ2v) is 11.2. The first-order valence-corrected chi connectivity index (χ1v) is 13.8. The molecule has 0 spiro atoms. The summed E-state index contributed by atoms with van der Waals surface area (Å²) in [5.41, 5.74) is 3.69. The van der Waals surface area contributed by atoms with Crippen molar-refractivity contribution in [2.24, 2.45) is 5.92 Å². The summed E-state index contributed by atoms with van der Waals surface area (Å²) in [5.74, 6) is -0.740. The maximum absolute atomic E-state index is 13.3. The van der Waals surface area contributed by atoms with Gasteiger partial charge >= 0.3 is 0 Å². The van der Waals surface area contributed by atoms with Crippen LogP contribution in [0.25, 0.3) is 5.57 Å². The number of amides is 1. The number of halogens is 1. The topological polar surface area (TPSA) is 66.5 Å². The van der Waals surface area contributed by atoms with Gasteiger partial charge in [0.1, 0.15) is 5.82 Å². The fraction of sp³-hybridized carbons (Fsp3) is 0.310. The minimum absolute atomic E-state index is 0.0481. The summed E-state index contributed by atoms with van der Waals surface area (Å²) < 4.78 is 41.3. The molecule has 2 atom stereocenters. The van der Waals surface area contributed by atoms with Crippen molar-refractivity contribution in [1.29, 1.82) is 0 Å². The Bertz CT molecular complexity index is 1270. The number of hydrogen-bond acceptors (Lipinski definition) is 3. The molecule has 1 aliphatic heterocycles. The van der Waals surface area contributed by atoms with Gasteiger partial charge in [-0.15, -0.1) is 0 Å². The van der Waals surface area contributed by atoms with Crippen LogP contribution in [-0.4, -0.2) is 31.2 Å². The van der Waals surface area contributed by atoms with E-state index in [1.807, 2.05) is 49.8 Å². The Labute approximate surface area is 213 Å². The van der Waals surface area contributed by atoms with Gasteiger partial charge in [-0.1, -0.05) is 49.9 Å². The third kappa shape index (κ3) is 5.95. The second kappa shape index (κ2) is 11.2. The molecule has 2 aromatic carbocycles. The quantitative estimate of drug-likeness (QED) is 0.478. The molecule has 189 valence electrons. The number of benzene rings is 2. The molecule has 1 saturated heterocycles. The maximum atomic E-state index is 13.3. The van der Waals surface area contributed by atoms with Gasteiger partial charge in [-0.05, 0) is 79.2 Å². The van der Waals surface area contributed by atoms with E-state index in [4.69, 9.17) is 0 Å². The molecule has 36 heavy (non-hydrogen) atoms. The van der Waals surface area contributed by atoms with Gasteiger partial charge in [0, 0.05) is 18.9 Å². The summed E-state index contributed by atoms with van der Waals surface area (Å²) in [4.78, 5) is 12.9. The third-order valence-corrected chi connectivity index (χ3v) is 8.53. The van der Waals surface area contributed by atoms with Crippen LogP contribution in [0.2, 0.25) is 0 Å². The number of carbonyl (C=O) groups excluding carboxylic acids is 1. The highest BCUT2D eigenvalue weighted by molar-refractivity contribution is 7.89. The van der Waals surface area contributed by atoms with Crippen LogP contribution in [0, 0.1) is 18.2 Å². The minimum atomic E-state index is -3.84. The lowest BCUT2D eigenvalue weighted by Gasteiger charge is -2.35. The molecule has 2 unspecified atom stereocenters. The van der Waals surface area contributed by atoms with E-state index in [9.17, 15) is 17.6 Å². The van der Waals surface area contributed by atoms with Crippen molar-refractivity contribution in [3.05, 3.63) is 102 Å². The minimum Gasteiger partial charge on any atom is -0.349 e. The second-order valence-electron chi connectivity index (χ2n) is 9.37. The number of carbonyl (C=O) groups is 1. The van der Waals surface area contributed by atoms with Gasteiger partial charge in [0.2, 0.25) is 5.91 Å². The molecule has 4 rings (SSSR count). The van der Waals surface area contributed by atoms with Crippen molar-refractivity contribution in [3.8, 4) is 0 Å². The molecule has 1 heterocycles. The van der Waals surface area contributed by atoms with Gasteiger partial charge in [0.15, 0.2) is 0 Å². The fourth-order valence-corrected chi connectivity index (χ4v) is 6.12. The van der Waals surface area contributed by atoms with Crippen LogP contribution in [-0.2, 0) is 14.8 Å². The average molecular weight is 508 g/mol. The van der Waals surface area contributed by atoms with Crippen LogP contribution in [0.3, 0.4) is 0 Å². The molecule has 0 aromatic heterocycles. The highest BCUT2D eigenvalue weighted by atomic mass is 32.2. The Balaban J connectivity index is 1.38. The molecule has 1 aliphatic carbocycles. The number of nitrogens with one attached hydrogen (secondary N) is 1. The van der Waals surface area contributed by atoms with Crippen molar-refractivity contribution < 1.29 is 17.6 Å². The summed E-state index contributed by atoms with van der Waals surface area (Å²) in [7, 11) is -3.84. The smallest absolute Gasteiger partial charge is 0.264 e. The predicted molar refractivity (Wildman–Crippen MR) is 140 cm³/mol. The molecule has 2 aromatic rings. The number of nitrogens with zero attached hydrogens (tertiary/aromatic N) is 1. The van der Waals surface area contributed by atoms with Crippen LogP contribution >= 0.6 is 0 Å². The van der Waals surface area contributed by atoms with Gasteiger partial charge in [-0.25, -0.2) is 12.8 Å². The highest BCUT2D eigenvalue weighted by Gasteiger charge is 2.33. The zero-order valence-corrected chi connectivity index (χ0v) is 21.3. The summed E-state index contributed by atoms with van der Waals surface area (Å²) in [6, 6.07) is 14.5. The number of allylic oxidation sites excluding steroid dienone is 2. The average Bonchev–Trinajstić information content (AvgIpc) is 2.88. The standard InChI is InChI=1S/C29H32FN2O3S/c1-21(23-10-4-3-5-11-23)8-6-9-22(2)29(33)31-26-16-13-24-12-7-19-32(28(24)20-26)36(34,35)27-17-14-25(30)15-18-27/h3-5,10-11,13-18,20,22,26H,1,6-9,12,19H2,2H3,(H,31,33). The highest BCUT2D eigenvalue weighted by Crippen LogP contribution is 2.34. The van der Waals surface area contributed by atoms with Gasteiger partial charge in [-0.2, -0.15) is 0 Å². The van der Waals surface area contributed by atoms with E-state index in [0.717, 1.165) is 54.5 Å². The normalized spacial score (nSPS) is 18.5. The summed E-state index contributed by atoms with van der Waals surface area (Å²) in [5, 5.41) is 3.03. The van der Waals surface area contributed by atoms with E-state index in [-0.39, 0.29) is 16.7 Å². The lowest BCUT2D eigenvalue weighted by molar-refractivity contribution is -0.124. The molecular weight excluding hydrogens is 475 g/mol. The number of piperidine rings is 1. The van der Waals surface area contributed by atoms with Crippen molar-refractivity contribution in [2.75, 3.05) is 6.54 Å². The van der Waals surface area contributed by atoms with E-state index in [1.54, 1.807) is 6.08 Å². The van der Waals surface area contributed by atoms with Crippen molar-refractivity contribution >= 4 is 21.5 Å². The van der Waals surface area contributed by atoms with Crippen LogP contribution in [0.1, 0.15) is 44.6 Å². The number of hydrogen-bond donors (Lipinski definition) is 1. The van der Waals surface area contributed by atoms with Gasteiger partial charge < -0.3 is 5.32 Å². The lowest BCUT2D eigenvalue weighted by atomic mass is 9.93. The molecule has 2 aliphatic rings. The molecule has 0 bridgehead atoms. The lowest BCUT2D eigenvalue weighted by Crippen LogP contribution is -2.42. The fourth-order valence-electron chi connectivity index (χ4n) is 4.58. The number of rotatable bonds is 9. The van der Waals surface area contributed by atoms with Crippen molar-refractivity contribution in [1.82, 2.24) is 9.62 Å². The largest absolute Gasteiger partial charge is 0.349 e. The monoisotopic (exact) mass is 507 g/mol.